The molecule has 11 heavy (non-hydrogen) atoms. The van der Waals surface area contributed by atoms with Crippen LogP contribution in [-0.2, 0) is 0 Å². The lowest BCUT2D eigenvalue weighted by Gasteiger charge is -1.82. The van der Waals surface area contributed by atoms with Gasteiger partial charge in [-0.15, -0.1) is 11.3 Å². The van der Waals surface area contributed by atoms with Crippen LogP contribution >= 0.6 is 22.9 Å². The molecular weight excluding hydrogens is 176 g/mol. The second kappa shape index (κ2) is 2.71. The fourth-order valence-electron chi connectivity index (χ4n) is 0.826. The molecule has 0 radical (unpaired) electrons. The Labute approximate surface area is 72.7 Å². The van der Waals surface area contributed by atoms with Crippen LogP contribution in [0.3, 0.4) is 0 Å². The van der Waals surface area contributed by atoms with E-state index in [1.54, 1.807) is 11.3 Å². The van der Waals surface area contributed by atoms with Gasteiger partial charge in [0.1, 0.15) is 11.4 Å². The zero-order valence-electron chi connectivity index (χ0n) is 5.94. The quantitative estimate of drug-likeness (QED) is 0.677. The van der Waals surface area contributed by atoms with Crippen molar-refractivity contribution in [1.29, 1.82) is 0 Å². The molecule has 2 aromatic rings. The maximum absolute atomic E-state index is 4.24. The standard InChI is InChI=1S/C7H6N2S2/c1-5-2-6(9-11-5)7-3-10-4-8-7/h2-4H,1H3. The van der Waals surface area contributed by atoms with Crippen LogP contribution in [-0.4, -0.2) is 9.36 Å². The van der Waals surface area contributed by atoms with Gasteiger partial charge in [-0.25, -0.2) is 4.98 Å². The van der Waals surface area contributed by atoms with Gasteiger partial charge in [0.25, 0.3) is 0 Å². The zero-order chi connectivity index (χ0) is 7.68. The highest BCUT2D eigenvalue weighted by molar-refractivity contribution is 7.08. The van der Waals surface area contributed by atoms with Crippen molar-refractivity contribution >= 4 is 22.9 Å². The fraction of sp³-hybridized carbons (Fsp3) is 0.143. The maximum Gasteiger partial charge on any atom is 0.104 e. The van der Waals surface area contributed by atoms with E-state index in [4.69, 9.17) is 0 Å². The number of hydrogen-bond donors (Lipinski definition) is 0. The monoisotopic (exact) mass is 182 g/mol. The first kappa shape index (κ1) is 6.94. The van der Waals surface area contributed by atoms with Crippen LogP contribution in [0, 0.1) is 6.92 Å². The largest absolute Gasteiger partial charge is 0.243 e. The van der Waals surface area contributed by atoms with Gasteiger partial charge in [-0.05, 0) is 24.5 Å². The number of rotatable bonds is 1. The minimum absolute atomic E-state index is 0.986. The van der Waals surface area contributed by atoms with Crippen molar-refractivity contribution in [2.75, 3.05) is 0 Å². The number of nitrogens with zero attached hydrogens (tertiary/aromatic N) is 2. The third-order valence-electron chi connectivity index (χ3n) is 1.32. The van der Waals surface area contributed by atoms with Crippen molar-refractivity contribution in [3.8, 4) is 11.4 Å². The molecule has 4 heteroatoms. The van der Waals surface area contributed by atoms with Crippen LogP contribution in [0.2, 0.25) is 0 Å². The number of hydrogen-bond acceptors (Lipinski definition) is 4. The van der Waals surface area contributed by atoms with Crippen LogP contribution in [0.15, 0.2) is 17.0 Å². The van der Waals surface area contributed by atoms with Gasteiger partial charge in [-0.1, -0.05) is 0 Å². The van der Waals surface area contributed by atoms with Crippen molar-refractivity contribution in [3.05, 3.63) is 21.8 Å². The summed E-state index contributed by atoms with van der Waals surface area (Å²) in [6.45, 7) is 2.05. The first-order chi connectivity index (χ1) is 5.36. The van der Waals surface area contributed by atoms with E-state index in [0.29, 0.717) is 0 Å². The highest BCUT2D eigenvalue weighted by Crippen LogP contribution is 2.20. The summed E-state index contributed by atoms with van der Waals surface area (Å²) in [4.78, 5) is 5.39. The molecule has 2 rings (SSSR count). The van der Waals surface area contributed by atoms with Crippen LogP contribution < -0.4 is 0 Å². The van der Waals surface area contributed by atoms with Gasteiger partial charge in [0, 0.05) is 10.3 Å². The smallest absolute Gasteiger partial charge is 0.104 e. The predicted molar refractivity (Wildman–Crippen MR) is 48.0 cm³/mol. The molecule has 0 aliphatic carbocycles. The molecule has 0 fully saturated rings. The first-order valence-electron chi connectivity index (χ1n) is 3.18. The van der Waals surface area contributed by atoms with E-state index in [1.807, 2.05) is 17.8 Å². The Morgan fingerprint density at radius 2 is 2.27 bits per heavy atom. The third kappa shape index (κ3) is 1.32. The summed E-state index contributed by atoms with van der Waals surface area (Å²) in [7, 11) is 0. The molecule has 0 unspecified atom stereocenters. The van der Waals surface area contributed by atoms with E-state index in [9.17, 15) is 0 Å². The molecule has 2 nitrogen and oxygen atoms in total. The number of aromatic nitrogens is 2. The van der Waals surface area contributed by atoms with E-state index in [2.05, 4.69) is 15.4 Å². The molecule has 0 atom stereocenters. The highest BCUT2D eigenvalue weighted by Gasteiger charge is 2.02. The topological polar surface area (TPSA) is 25.8 Å². The van der Waals surface area contributed by atoms with Gasteiger partial charge in [-0.2, -0.15) is 4.37 Å². The van der Waals surface area contributed by atoms with Gasteiger partial charge in [0.2, 0.25) is 0 Å². The van der Waals surface area contributed by atoms with Crippen molar-refractivity contribution < 1.29 is 0 Å². The maximum atomic E-state index is 4.24. The molecule has 0 amide bonds. The minimum Gasteiger partial charge on any atom is -0.243 e. The molecule has 0 saturated carbocycles. The summed E-state index contributed by atoms with van der Waals surface area (Å²) < 4.78 is 4.24. The highest BCUT2D eigenvalue weighted by atomic mass is 32.1. The van der Waals surface area contributed by atoms with Crippen molar-refractivity contribution in [1.82, 2.24) is 9.36 Å². The molecule has 0 saturated heterocycles. The molecule has 0 bridgehead atoms. The van der Waals surface area contributed by atoms with E-state index in [1.165, 1.54) is 16.4 Å². The Morgan fingerprint density at radius 3 is 2.82 bits per heavy atom. The lowest BCUT2D eigenvalue weighted by molar-refractivity contribution is 1.37. The van der Waals surface area contributed by atoms with Gasteiger partial charge >= 0.3 is 0 Å². The van der Waals surface area contributed by atoms with E-state index >= 15 is 0 Å². The van der Waals surface area contributed by atoms with Gasteiger partial charge in [-0.3, -0.25) is 0 Å². The van der Waals surface area contributed by atoms with Gasteiger partial charge in [0.05, 0.1) is 5.51 Å². The summed E-state index contributed by atoms with van der Waals surface area (Å²) in [6, 6.07) is 2.06. The lowest BCUT2D eigenvalue weighted by Crippen LogP contribution is -1.72. The molecule has 0 aliphatic rings. The summed E-state index contributed by atoms with van der Waals surface area (Å²) in [6.07, 6.45) is 0. The Balaban J connectivity index is 2.45. The average molecular weight is 182 g/mol. The molecule has 0 aliphatic heterocycles. The van der Waals surface area contributed by atoms with Crippen LogP contribution in [0.4, 0.5) is 0 Å². The first-order valence-corrected chi connectivity index (χ1v) is 4.90. The van der Waals surface area contributed by atoms with E-state index < -0.39 is 0 Å². The molecule has 0 spiro atoms. The Hall–Kier alpha value is -0.740. The average Bonchev–Trinajstić information content (AvgIpc) is 2.55. The fourth-order valence-corrected chi connectivity index (χ4v) is 1.92. The second-order valence-corrected chi connectivity index (χ2v) is 3.92. The second-order valence-electron chi connectivity index (χ2n) is 2.20. The Morgan fingerprint density at radius 1 is 1.36 bits per heavy atom. The zero-order valence-corrected chi connectivity index (χ0v) is 7.58. The summed E-state index contributed by atoms with van der Waals surface area (Å²) >= 11 is 3.11. The molecule has 0 N–H and O–H groups in total. The van der Waals surface area contributed by atoms with Gasteiger partial charge < -0.3 is 0 Å². The molecule has 2 aromatic heterocycles. The third-order valence-corrected chi connectivity index (χ3v) is 2.60. The predicted octanol–water partition coefficient (Wildman–Crippen LogP) is 2.58. The normalized spacial score (nSPS) is 10.3. The van der Waals surface area contributed by atoms with Gasteiger partial charge in [0.15, 0.2) is 0 Å². The summed E-state index contributed by atoms with van der Waals surface area (Å²) in [5, 5.41) is 2.01. The van der Waals surface area contributed by atoms with Crippen LogP contribution in [0.25, 0.3) is 11.4 Å². The van der Waals surface area contributed by atoms with Crippen molar-refractivity contribution in [2.24, 2.45) is 0 Å². The van der Waals surface area contributed by atoms with Crippen LogP contribution in [0.5, 0.6) is 0 Å². The molecular formula is C7H6N2S2. The van der Waals surface area contributed by atoms with Crippen molar-refractivity contribution in [3.63, 3.8) is 0 Å². The van der Waals surface area contributed by atoms with Crippen molar-refractivity contribution in [2.45, 2.75) is 6.92 Å². The molecule has 0 aromatic carbocycles. The Bertz CT molecular complexity index is 337. The van der Waals surface area contributed by atoms with E-state index in [-0.39, 0.29) is 0 Å². The SMILES string of the molecule is Cc1cc(-c2cscn2)ns1. The minimum atomic E-state index is 0.986. The number of aryl methyl sites for hydroxylation is 1. The number of thiazole rings is 1. The molecule has 56 valence electrons. The lowest BCUT2D eigenvalue weighted by atomic mass is 10.3. The molecule has 2 heterocycles. The Kier molecular flexibility index (Phi) is 1.71. The van der Waals surface area contributed by atoms with E-state index in [0.717, 1.165) is 11.4 Å². The summed E-state index contributed by atoms with van der Waals surface area (Å²) in [5.74, 6) is 0. The summed E-state index contributed by atoms with van der Waals surface area (Å²) in [5.41, 5.74) is 3.80. The van der Waals surface area contributed by atoms with Crippen LogP contribution in [0.1, 0.15) is 4.88 Å².